The molecule has 0 fully saturated rings. The highest BCUT2D eigenvalue weighted by atomic mass is 16.5. The van der Waals surface area contributed by atoms with E-state index in [9.17, 15) is 14.7 Å². The Hall–Kier alpha value is -3.27. The molecule has 0 aliphatic rings. The molecule has 1 aromatic heterocycles. The lowest BCUT2D eigenvalue weighted by molar-refractivity contribution is 0.139. The van der Waals surface area contributed by atoms with E-state index in [0.29, 0.717) is 11.1 Å². The Kier molecular flexibility index (Phi) is 5.79. The van der Waals surface area contributed by atoms with Crippen LogP contribution in [0.15, 0.2) is 35.1 Å². The normalized spacial score (nSPS) is 10.1. The Balaban J connectivity index is 1.96. The molecule has 0 aliphatic carbocycles. The largest absolute Gasteiger partial charge is 0.494 e. The second kappa shape index (κ2) is 8.02. The molecule has 0 unspecified atom stereocenters. The minimum atomic E-state index is -0.624. The zero-order valence-electron chi connectivity index (χ0n) is 14.1. The summed E-state index contributed by atoms with van der Waals surface area (Å²) < 4.78 is 6.13. The second-order valence-corrected chi connectivity index (χ2v) is 5.51. The van der Waals surface area contributed by atoms with Crippen molar-refractivity contribution in [2.24, 2.45) is 0 Å². The third kappa shape index (κ3) is 4.18. The first-order valence-corrected chi connectivity index (χ1v) is 7.73. The molecule has 130 valence electrons. The number of carbonyl (C=O) groups excluding carboxylic acids is 1. The number of carbonyl (C=O) groups is 1. The van der Waals surface area contributed by atoms with E-state index >= 15 is 0 Å². The van der Waals surface area contributed by atoms with Crippen LogP contribution in [0.3, 0.4) is 0 Å². The van der Waals surface area contributed by atoms with E-state index in [-0.39, 0.29) is 31.1 Å². The fourth-order valence-corrected chi connectivity index (χ4v) is 2.33. The van der Waals surface area contributed by atoms with E-state index in [1.54, 1.807) is 13.8 Å². The Bertz CT molecular complexity index is 867. The topological polar surface area (TPSA) is 104 Å². The van der Waals surface area contributed by atoms with Crippen molar-refractivity contribution >= 4 is 6.09 Å². The van der Waals surface area contributed by atoms with E-state index in [2.05, 4.69) is 5.32 Å². The van der Waals surface area contributed by atoms with Crippen molar-refractivity contribution in [3.8, 4) is 11.9 Å². The molecule has 0 atom stereocenters. The van der Waals surface area contributed by atoms with Gasteiger partial charge in [0.1, 0.15) is 18.2 Å². The Morgan fingerprint density at radius 1 is 1.28 bits per heavy atom. The molecule has 2 N–H and O–H groups in total. The van der Waals surface area contributed by atoms with Crippen molar-refractivity contribution in [1.29, 1.82) is 5.26 Å². The number of nitrogens with zero attached hydrogens (tertiary/aromatic N) is 2. The molecule has 25 heavy (non-hydrogen) atoms. The van der Waals surface area contributed by atoms with Crippen molar-refractivity contribution in [1.82, 2.24) is 9.88 Å². The van der Waals surface area contributed by atoms with Gasteiger partial charge in [-0.1, -0.05) is 30.3 Å². The molecule has 2 aromatic rings. The van der Waals surface area contributed by atoms with Crippen LogP contribution in [0.1, 0.15) is 22.3 Å². The number of nitriles is 1. The SMILES string of the molecule is Cc1c(C)c(O)n(CCNC(=O)OCc2ccccc2)c(=O)c1C#N. The average Bonchev–Trinajstić information content (AvgIpc) is 2.62. The van der Waals surface area contributed by atoms with Gasteiger partial charge in [-0.25, -0.2) is 4.79 Å². The number of rotatable bonds is 5. The van der Waals surface area contributed by atoms with E-state index in [1.807, 2.05) is 36.4 Å². The first-order valence-electron chi connectivity index (χ1n) is 7.73. The number of alkyl carbamates (subject to hydrolysis) is 1. The number of ether oxygens (including phenoxy) is 1. The average molecular weight is 341 g/mol. The van der Waals surface area contributed by atoms with Gasteiger partial charge >= 0.3 is 6.09 Å². The zero-order valence-corrected chi connectivity index (χ0v) is 14.1. The zero-order chi connectivity index (χ0) is 18.4. The number of hydrogen-bond donors (Lipinski definition) is 2. The molecule has 1 heterocycles. The highest BCUT2D eigenvalue weighted by Gasteiger charge is 2.16. The molecular formula is C18H19N3O4. The van der Waals surface area contributed by atoms with Crippen LogP contribution in [0.5, 0.6) is 5.88 Å². The molecule has 1 amide bonds. The van der Waals surface area contributed by atoms with Gasteiger partial charge in [-0.2, -0.15) is 5.26 Å². The number of pyridine rings is 1. The van der Waals surface area contributed by atoms with E-state index in [1.165, 1.54) is 0 Å². The molecule has 2 rings (SSSR count). The summed E-state index contributed by atoms with van der Waals surface area (Å²) in [5, 5.41) is 21.7. The first kappa shape index (κ1) is 18.1. The summed E-state index contributed by atoms with van der Waals surface area (Å²) in [6.45, 7) is 3.48. The van der Waals surface area contributed by atoms with E-state index in [4.69, 9.17) is 10.00 Å². The van der Waals surface area contributed by atoms with Gasteiger partial charge in [0.15, 0.2) is 5.88 Å². The van der Waals surface area contributed by atoms with Crippen LogP contribution in [0.4, 0.5) is 4.79 Å². The molecule has 0 spiro atoms. The molecule has 0 aliphatic heterocycles. The van der Waals surface area contributed by atoms with Gasteiger partial charge in [0.2, 0.25) is 0 Å². The maximum atomic E-state index is 12.2. The third-order valence-electron chi connectivity index (χ3n) is 3.92. The minimum Gasteiger partial charge on any atom is -0.494 e. The first-order chi connectivity index (χ1) is 12.0. The summed E-state index contributed by atoms with van der Waals surface area (Å²) in [6.07, 6.45) is -0.624. The van der Waals surface area contributed by atoms with Crippen molar-refractivity contribution in [2.45, 2.75) is 27.0 Å². The lowest BCUT2D eigenvalue weighted by Gasteiger charge is -2.14. The Morgan fingerprint density at radius 2 is 1.96 bits per heavy atom. The molecule has 7 heteroatoms. The predicted octanol–water partition coefficient (Wildman–Crippen LogP) is 1.97. The predicted molar refractivity (Wildman–Crippen MR) is 91.2 cm³/mol. The molecule has 0 bridgehead atoms. The maximum Gasteiger partial charge on any atom is 0.407 e. The smallest absolute Gasteiger partial charge is 0.407 e. The number of amides is 1. The van der Waals surface area contributed by atoms with Gasteiger partial charge in [0.05, 0.1) is 0 Å². The summed E-state index contributed by atoms with van der Waals surface area (Å²) in [6, 6.07) is 11.1. The Labute approximate surface area is 145 Å². The number of nitrogens with one attached hydrogen (secondary N) is 1. The quantitative estimate of drug-likeness (QED) is 0.865. The van der Waals surface area contributed by atoms with Gasteiger partial charge in [0, 0.05) is 18.7 Å². The van der Waals surface area contributed by atoms with Crippen molar-refractivity contribution in [3.05, 3.63) is 62.9 Å². The van der Waals surface area contributed by atoms with Gasteiger partial charge in [0.25, 0.3) is 5.56 Å². The molecule has 0 radical (unpaired) electrons. The third-order valence-corrected chi connectivity index (χ3v) is 3.92. The van der Waals surface area contributed by atoms with Crippen molar-refractivity contribution in [2.75, 3.05) is 6.54 Å². The summed E-state index contributed by atoms with van der Waals surface area (Å²) in [5.41, 5.74) is 1.18. The van der Waals surface area contributed by atoms with Crippen LogP contribution in [0, 0.1) is 25.2 Å². The van der Waals surface area contributed by atoms with Crippen LogP contribution in [0.2, 0.25) is 0 Å². The van der Waals surface area contributed by atoms with E-state index in [0.717, 1.165) is 10.1 Å². The highest BCUT2D eigenvalue weighted by Crippen LogP contribution is 2.19. The summed E-state index contributed by atoms with van der Waals surface area (Å²) >= 11 is 0. The Morgan fingerprint density at radius 3 is 2.60 bits per heavy atom. The van der Waals surface area contributed by atoms with Gasteiger partial charge in [-0.05, 0) is 25.0 Å². The van der Waals surface area contributed by atoms with Crippen LogP contribution < -0.4 is 10.9 Å². The van der Waals surface area contributed by atoms with Crippen molar-refractivity contribution < 1.29 is 14.6 Å². The van der Waals surface area contributed by atoms with Gasteiger partial charge in [-0.3, -0.25) is 9.36 Å². The summed E-state index contributed by atoms with van der Waals surface area (Å²) in [7, 11) is 0. The number of aromatic hydroxyl groups is 1. The standard InChI is InChI=1S/C18H19N3O4/c1-12-13(2)16(22)21(17(23)15(12)10-19)9-8-20-18(24)25-11-14-6-4-3-5-7-14/h3-7,22H,8-9,11H2,1-2H3,(H,20,24). The second-order valence-electron chi connectivity index (χ2n) is 5.51. The molecule has 7 nitrogen and oxygen atoms in total. The van der Waals surface area contributed by atoms with Crippen LogP contribution in [0.25, 0.3) is 0 Å². The fourth-order valence-electron chi connectivity index (χ4n) is 2.33. The van der Waals surface area contributed by atoms with Crippen LogP contribution >= 0.6 is 0 Å². The summed E-state index contributed by atoms with van der Waals surface area (Å²) in [5.74, 6) is -0.207. The number of aromatic nitrogens is 1. The lowest BCUT2D eigenvalue weighted by atomic mass is 10.1. The molecule has 0 saturated carbocycles. The summed E-state index contributed by atoms with van der Waals surface area (Å²) in [4.78, 5) is 23.9. The monoisotopic (exact) mass is 341 g/mol. The number of benzene rings is 1. The molecule has 0 saturated heterocycles. The van der Waals surface area contributed by atoms with E-state index < -0.39 is 11.7 Å². The molecular weight excluding hydrogens is 322 g/mol. The highest BCUT2D eigenvalue weighted by molar-refractivity contribution is 5.67. The minimum absolute atomic E-state index is 0.0121. The van der Waals surface area contributed by atoms with Gasteiger partial charge in [-0.15, -0.1) is 0 Å². The van der Waals surface area contributed by atoms with Crippen LogP contribution in [-0.4, -0.2) is 22.3 Å². The number of hydrogen-bond acceptors (Lipinski definition) is 5. The van der Waals surface area contributed by atoms with Crippen molar-refractivity contribution in [3.63, 3.8) is 0 Å². The molecule has 1 aromatic carbocycles. The van der Waals surface area contributed by atoms with Crippen LogP contribution in [-0.2, 0) is 17.9 Å². The maximum absolute atomic E-state index is 12.2. The van der Waals surface area contributed by atoms with Gasteiger partial charge < -0.3 is 15.2 Å². The fraction of sp³-hybridized carbons (Fsp3) is 0.278. The lowest BCUT2D eigenvalue weighted by Crippen LogP contribution is -2.32.